The van der Waals surface area contributed by atoms with E-state index in [1.54, 1.807) is 7.11 Å². The van der Waals surface area contributed by atoms with E-state index in [9.17, 15) is 0 Å². The van der Waals surface area contributed by atoms with Gasteiger partial charge in [0, 0.05) is 0 Å². The Hall–Kier alpha value is -0.473. The zero-order valence-corrected chi connectivity index (χ0v) is 8.97. The summed E-state index contributed by atoms with van der Waals surface area (Å²) in [5.74, 6) is 0.895. The Kier molecular flexibility index (Phi) is 2.97. The van der Waals surface area contributed by atoms with Gasteiger partial charge in [0.2, 0.25) is 0 Å². The van der Waals surface area contributed by atoms with E-state index in [-0.39, 0.29) is 0 Å². The molecule has 1 aromatic rings. The van der Waals surface area contributed by atoms with E-state index in [1.807, 2.05) is 24.3 Å². The van der Waals surface area contributed by atoms with E-state index < -0.39 is 8.11 Å². The Bertz CT molecular complexity index is 220. The van der Waals surface area contributed by atoms with Crippen LogP contribution in [0.15, 0.2) is 24.3 Å². The molecule has 0 aliphatic rings. The molecule has 1 nitrogen and oxygen atoms in total. The molecule has 0 aromatic heterocycles. The Morgan fingerprint density at radius 2 is 1.82 bits per heavy atom. The molecule has 0 heterocycles. The Balaban J connectivity index is 2.83. The fraction of sp³-hybridized carbons (Fsp3) is 0.250. The summed E-state index contributed by atoms with van der Waals surface area (Å²) in [5.41, 5.74) is 0. The van der Waals surface area contributed by atoms with Crippen molar-refractivity contribution in [2.24, 2.45) is 0 Å². The van der Waals surface area contributed by atoms with Crippen LogP contribution in [0.3, 0.4) is 0 Å². The molecule has 0 aliphatic carbocycles. The van der Waals surface area contributed by atoms with Crippen LogP contribution in [0.1, 0.15) is 0 Å². The number of halogens is 1. The van der Waals surface area contributed by atoms with Gasteiger partial charge in [0.05, 0.1) is 0 Å². The van der Waals surface area contributed by atoms with Gasteiger partial charge in [0.25, 0.3) is 0 Å². The van der Waals surface area contributed by atoms with Gasteiger partial charge in [-0.2, -0.15) is 0 Å². The number of rotatable bonds is 2. The molecule has 3 heteroatoms. The number of ether oxygens (including phenoxy) is 1. The Morgan fingerprint density at radius 3 is 2.18 bits per heavy atom. The maximum absolute atomic E-state index is 6.03. The SMILES string of the molecule is COc1ccc([SiH2-](C)Cl)cc1. The van der Waals surface area contributed by atoms with E-state index in [2.05, 4.69) is 6.55 Å². The molecule has 0 aliphatic heterocycles. The monoisotopic (exact) mass is 187 g/mol. The molecule has 1 aromatic carbocycles. The fourth-order valence-corrected chi connectivity index (χ4v) is 2.37. The summed E-state index contributed by atoms with van der Waals surface area (Å²) in [6.07, 6.45) is 0. The summed E-state index contributed by atoms with van der Waals surface area (Å²) in [5, 5.41) is 1.29. The van der Waals surface area contributed by atoms with Crippen molar-refractivity contribution in [3.63, 3.8) is 0 Å². The van der Waals surface area contributed by atoms with Gasteiger partial charge in [-0.05, 0) is 0 Å². The number of hydrogen-bond acceptors (Lipinski definition) is 1. The average Bonchev–Trinajstić information content (AvgIpc) is 2.05. The second-order valence-corrected chi connectivity index (χ2v) is 7.33. The van der Waals surface area contributed by atoms with Crippen LogP contribution < -0.4 is 9.92 Å². The van der Waals surface area contributed by atoms with Crippen molar-refractivity contribution in [1.29, 1.82) is 0 Å². The first-order valence-corrected chi connectivity index (χ1v) is 8.02. The Morgan fingerprint density at radius 1 is 1.27 bits per heavy atom. The second-order valence-electron chi connectivity index (χ2n) is 2.60. The quantitative estimate of drug-likeness (QED) is 0.500. The van der Waals surface area contributed by atoms with Crippen LogP contribution in [-0.2, 0) is 0 Å². The van der Waals surface area contributed by atoms with Gasteiger partial charge in [0.1, 0.15) is 0 Å². The number of hydrogen-bond donors (Lipinski definition) is 0. The van der Waals surface area contributed by atoms with Crippen molar-refractivity contribution in [3.8, 4) is 5.75 Å². The summed E-state index contributed by atoms with van der Waals surface area (Å²) >= 11 is 6.03. The molecule has 0 bridgehead atoms. The fourth-order valence-electron chi connectivity index (χ4n) is 0.950. The van der Waals surface area contributed by atoms with Gasteiger partial charge < -0.3 is 0 Å². The topological polar surface area (TPSA) is 9.23 Å². The van der Waals surface area contributed by atoms with E-state index in [0.717, 1.165) is 5.75 Å². The van der Waals surface area contributed by atoms with Crippen LogP contribution in [0.25, 0.3) is 0 Å². The summed E-state index contributed by atoms with van der Waals surface area (Å²) in [4.78, 5) is 0. The van der Waals surface area contributed by atoms with Gasteiger partial charge >= 0.3 is 72.8 Å². The third-order valence-corrected chi connectivity index (χ3v) is 4.24. The van der Waals surface area contributed by atoms with Crippen molar-refractivity contribution in [2.75, 3.05) is 7.11 Å². The van der Waals surface area contributed by atoms with Crippen LogP contribution >= 0.6 is 11.1 Å². The molecule has 0 unspecified atom stereocenters. The van der Waals surface area contributed by atoms with Crippen molar-refractivity contribution in [2.45, 2.75) is 6.55 Å². The zero-order valence-electron chi connectivity index (χ0n) is 6.80. The molecule has 0 saturated carbocycles. The normalized spacial score (nSPS) is 11.0. The van der Waals surface area contributed by atoms with Crippen LogP contribution in [0, 0.1) is 0 Å². The minimum atomic E-state index is -1.47. The summed E-state index contributed by atoms with van der Waals surface area (Å²) < 4.78 is 5.03. The summed E-state index contributed by atoms with van der Waals surface area (Å²) in [7, 11) is 0.199. The molecule has 11 heavy (non-hydrogen) atoms. The van der Waals surface area contributed by atoms with Crippen LogP contribution in [0.4, 0.5) is 0 Å². The average molecular weight is 188 g/mol. The summed E-state index contributed by atoms with van der Waals surface area (Å²) in [6, 6.07) is 8.00. The molecular weight excluding hydrogens is 176 g/mol. The first-order chi connectivity index (χ1) is 5.24. The first-order valence-electron chi connectivity index (χ1n) is 3.76. The third-order valence-electron chi connectivity index (χ3n) is 1.72. The van der Waals surface area contributed by atoms with Crippen LogP contribution in [0.2, 0.25) is 6.55 Å². The molecule has 0 atom stereocenters. The van der Waals surface area contributed by atoms with Crippen molar-refractivity contribution < 1.29 is 4.74 Å². The molecule has 0 saturated heterocycles. The van der Waals surface area contributed by atoms with Crippen LogP contribution in [0.5, 0.6) is 5.75 Å². The second kappa shape index (κ2) is 3.79. The standard InChI is InChI=1S/C8H12ClOSi/c1-10-7-3-5-8(6-4-7)11(2)9/h3-6H,11H2,1-2H3/q-1. The summed E-state index contributed by atoms with van der Waals surface area (Å²) in [6.45, 7) is 2.12. The van der Waals surface area contributed by atoms with Crippen molar-refractivity contribution in [3.05, 3.63) is 24.3 Å². The van der Waals surface area contributed by atoms with E-state index in [0.29, 0.717) is 0 Å². The van der Waals surface area contributed by atoms with Gasteiger partial charge in [-0.3, -0.25) is 0 Å². The molecular formula is C8H12ClOSi-. The number of benzene rings is 1. The van der Waals surface area contributed by atoms with E-state index in [1.165, 1.54) is 5.19 Å². The molecule has 0 amide bonds. The predicted molar refractivity (Wildman–Crippen MR) is 52.9 cm³/mol. The predicted octanol–water partition coefficient (Wildman–Crippen LogP) is 1.23. The number of methoxy groups -OCH3 is 1. The van der Waals surface area contributed by atoms with E-state index in [4.69, 9.17) is 15.8 Å². The molecule has 0 spiro atoms. The van der Waals surface area contributed by atoms with Crippen LogP contribution in [-0.4, -0.2) is 15.2 Å². The van der Waals surface area contributed by atoms with Gasteiger partial charge in [0.15, 0.2) is 0 Å². The molecule has 0 radical (unpaired) electrons. The molecule has 0 fully saturated rings. The first kappa shape index (κ1) is 8.62. The third kappa shape index (κ3) is 2.24. The van der Waals surface area contributed by atoms with E-state index >= 15 is 0 Å². The minimum absolute atomic E-state index is 0.895. The Labute approximate surface area is 73.3 Å². The van der Waals surface area contributed by atoms with Crippen molar-refractivity contribution >= 4 is 24.4 Å². The van der Waals surface area contributed by atoms with Gasteiger partial charge in [-0.1, -0.05) is 0 Å². The molecule has 0 N–H and O–H groups in total. The van der Waals surface area contributed by atoms with Crippen molar-refractivity contribution in [1.82, 2.24) is 0 Å². The molecule has 1 rings (SSSR count). The van der Waals surface area contributed by atoms with Gasteiger partial charge in [-0.15, -0.1) is 0 Å². The molecule has 62 valence electrons. The zero-order chi connectivity index (χ0) is 8.27. The van der Waals surface area contributed by atoms with Gasteiger partial charge in [-0.25, -0.2) is 0 Å². The maximum atomic E-state index is 6.03.